The van der Waals surface area contributed by atoms with Crippen LogP contribution < -0.4 is 10.1 Å². The Kier molecular flexibility index (Phi) is 4.63. The molecule has 2 bridgehead atoms. The van der Waals surface area contributed by atoms with E-state index >= 15 is 0 Å². The lowest BCUT2D eigenvalue weighted by atomic mass is 10.0. The second-order valence-electron chi connectivity index (χ2n) is 6.76. The fourth-order valence-electron chi connectivity index (χ4n) is 4.06. The van der Waals surface area contributed by atoms with Crippen LogP contribution in [-0.2, 0) is 0 Å². The van der Waals surface area contributed by atoms with Crippen LogP contribution in [0.1, 0.15) is 32.9 Å². The minimum Gasteiger partial charge on any atom is -0.496 e. The van der Waals surface area contributed by atoms with E-state index in [4.69, 9.17) is 16.3 Å². The Morgan fingerprint density at radius 3 is 2.85 bits per heavy atom. The zero-order chi connectivity index (χ0) is 18.3. The van der Waals surface area contributed by atoms with E-state index in [0.29, 0.717) is 33.7 Å². The second-order valence-corrected chi connectivity index (χ2v) is 8.15. The van der Waals surface area contributed by atoms with Crippen LogP contribution in [0, 0.1) is 5.92 Å². The van der Waals surface area contributed by atoms with Crippen molar-refractivity contribution in [3.05, 3.63) is 51.2 Å². The highest BCUT2D eigenvalue weighted by atomic mass is 35.5. The van der Waals surface area contributed by atoms with Gasteiger partial charge < -0.3 is 15.0 Å². The normalized spacial score (nSPS) is 23.9. The topological polar surface area (TPSA) is 58.6 Å². The predicted octanol–water partition coefficient (Wildman–Crippen LogP) is 3.44. The summed E-state index contributed by atoms with van der Waals surface area (Å²) in [6.45, 7) is 0.713. The minimum absolute atomic E-state index is 0.0140. The molecule has 1 aliphatic heterocycles. The number of carbonyl (C=O) groups excluding carboxylic acids is 2. The van der Waals surface area contributed by atoms with Crippen LogP contribution in [0.3, 0.4) is 0 Å². The van der Waals surface area contributed by atoms with Gasteiger partial charge >= 0.3 is 0 Å². The summed E-state index contributed by atoms with van der Waals surface area (Å²) in [4.78, 5) is 28.1. The number of thiophene rings is 1. The lowest BCUT2D eigenvalue weighted by molar-refractivity contribution is 0.0646. The SMILES string of the molecule is COc1ccc(Cl)cc1C(=O)N1CC2CC(NC(=O)c3cccs3)C1C2. The maximum atomic E-state index is 13.1. The molecule has 2 amide bonds. The lowest BCUT2D eigenvalue weighted by Crippen LogP contribution is -2.51. The summed E-state index contributed by atoms with van der Waals surface area (Å²) < 4.78 is 5.33. The fraction of sp³-hybridized carbons (Fsp3) is 0.368. The Morgan fingerprint density at radius 1 is 1.31 bits per heavy atom. The average molecular weight is 391 g/mol. The first-order valence-electron chi connectivity index (χ1n) is 8.55. The van der Waals surface area contributed by atoms with Crippen molar-refractivity contribution < 1.29 is 14.3 Å². The highest BCUT2D eigenvalue weighted by Gasteiger charge is 2.47. The predicted molar refractivity (Wildman–Crippen MR) is 101 cm³/mol. The summed E-state index contributed by atoms with van der Waals surface area (Å²) in [5.74, 6) is 0.779. The molecule has 1 aromatic heterocycles. The molecule has 7 heteroatoms. The van der Waals surface area contributed by atoms with Crippen molar-refractivity contribution in [1.29, 1.82) is 0 Å². The van der Waals surface area contributed by atoms with Crippen LogP contribution in [-0.4, -0.2) is 42.5 Å². The molecule has 26 heavy (non-hydrogen) atoms. The molecule has 1 aromatic carbocycles. The van der Waals surface area contributed by atoms with Crippen LogP contribution >= 0.6 is 22.9 Å². The first-order valence-corrected chi connectivity index (χ1v) is 9.81. The number of amides is 2. The number of nitrogens with zero attached hydrogens (tertiary/aromatic N) is 1. The standard InChI is InChI=1S/C19H19ClN2O3S/c1-25-16-5-4-12(20)9-13(16)19(24)22-10-11-7-14(15(22)8-11)21-18(23)17-3-2-6-26-17/h2-6,9,11,14-15H,7-8,10H2,1H3,(H,21,23). The molecule has 2 aliphatic rings. The van der Waals surface area contributed by atoms with Gasteiger partial charge in [0.2, 0.25) is 0 Å². The zero-order valence-corrected chi connectivity index (χ0v) is 15.8. The molecule has 5 nitrogen and oxygen atoms in total. The van der Waals surface area contributed by atoms with Crippen molar-refractivity contribution in [3.63, 3.8) is 0 Å². The number of hydrogen-bond acceptors (Lipinski definition) is 4. The van der Waals surface area contributed by atoms with E-state index in [1.807, 2.05) is 22.4 Å². The van der Waals surface area contributed by atoms with Gasteiger partial charge in [0.1, 0.15) is 5.75 Å². The molecule has 3 atom stereocenters. The van der Waals surface area contributed by atoms with Gasteiger partial charge in [-0.1, -0.05) is 17.7 Å². The van der Waals surface area contributed by atoms with Crippen LogP contribution in [0.15, 0.2) is 35.7 Å². The van der Waals surface area contributed by atoms with Crippen molar-refractivity contribution >= 4 is 34.8 Å². The number of carbonyl (C=O) groups is 2. The number of hydrogen-bond donors (Lipinski definition) is 1. The number of fused-ring (bicyclic) bond motifs is 2. The summed E-state index contributed by atoms with van der Waals surface area (Å²) in [6, 6.07) is 8.73. The molecular formula is C19H19ClN2O3S. The van der Waals surface area contributed by atoms with E-state index in [9.17, 15) is 9.59 Å². The Morgan fingerprint density at radius 2 is 2.15 bits per heavy atom. The lowest BCUT2D eigenvalue weighted by Gasteiger charge is -2.34. The largest absolute Gasteiger partial charge is 0.496 e. The van der Waals surface area contributed by atoms with Gasteiger partial charge in [-0.25, -0.2) is 0 Å². The number of ether oxygens (including phenoxy) is 1. The van der Waals surface area contributed by atoms with E-state index < -0.39 is 0 Å². The Bertz CT molecular complexity index is 839. The van der Waals surface area contributed by atoms with E-state index in [1.54, 1.807) is 25.3 Å². The maximum absolute atomic E-state index is 13.1. The molecule has 2 fully saturated rings. The smallest absolute Gasteiger partial charge is 0.261 e. The van der Waals surface area contributed by atoms with Gasteiger partial charge in [-0.05, 0) is 48.4 Å². The molecular weight excluding hydrogens is 372 g/mol. The van der Waals surface area contributed by atoms with Crippen LogP contribution in [0.5, 0.6) is 5.75 Å². The molecule has 2 heterocycles. The van der Waals surface area contributed by atoms with Crippen molar-refractivity contribution in [2.24, 2.45) is 5.92 Å². The molecule has 0 radical (unpaired) electrons. The number of halogens is 1. The van der Waals surface area contributed by atoms with E-state index in [1.165, 1.54) is 11.3 Å². The van der Waals surface area contributed by atoms with E-state index in [2.05, 4.69) is 5.32 Å². The highest BCUT2D eigenvalue weighted by molar-refractivity contribution is 7.12. The van der Waals surface area contributed by atoms with Gasteiger partial charge in [0.25, 0.3) is 11.8 Å². The van der Waals surface area contributed by atoms with Gasteiger partial charge in [-0.15, -0.1) is 11.3 Å². The maximum Gasteiger partial charge on any atom is 0.261 e. The fourth-order valence-corrected chi connectivity index (χ4v) is 4.86. The number of benzene rings is 1. The molecule has 1 saturated heterocycles. The summed E-state index contributed by atoms with van der Waals surface area (Å²) in [7, 11) is 1.54. The zero-order valence-electron chi connectivity index (χ0n) is 14.3. The van der Waals surface area contributed by atoms with E-state index in [0.717, 1.165) is 12.8 Å². The summed E-state index contributed by atoms with van der Waals surface area (Å²) >= 11 is 7.50. The van der Waals surface area contributed by atoms with Gasteiger partial charge in [0.15, 0.2) is 0 Å². The number of likely N-dealkylation sites (tertiary alicyclic amines) is 1. The third kappa shape index (κ3) is 3.08. The molecule has 136 valence electrons. The molecule has 1 aliphatic carbocycles. The second kappa shape index (κ2) is 6.93. The average Bonchev–Trinajstić information content (AvgIpc) is 3.37. The van der Waals surface area contributed by atoms with Crippen molar-refractivity contribution in [2.45, 2.75) is 24.9 Å². The Hall–Kier alpha value is -2.05. The molecule has 0 spiro atoms. The van der Waals surface area contributed by atoms with Gasteiger partial charge in [0, 0.05) is 17.6 Å². The van der Waals surface area contributed by atoms with Gasteiger partial charge in [0.05, 0.1) is 23.6 Å². The monoisotopic (exact) mass is 390 g/mol. The molecule has 3 unspecified atom stereocenters. The molecule has 4 rings (SSSR count). The first-order chi connectivity index (χ1) is 12.6. The van der Waals surface area contributed by atoms with Gasteiger partial charge in [-0.2, -0.15) is 0 Å². The van der Waals surface area contributed by atoms with Crippen molar-refractivity contribution in [3.8, 4) is 5.75 Å². The summed E-state index contributed by atoms with van der Waals surface area (Å²) in [6.07, 6.45) is 1.84. The highest BCUT2D eigenvalue weighted by Crippen LogP contribution is 2.39. The third-order valence-electron chi connectivity index (χ3n) is 5.20. The molecule has 1 N–H and O–H groups in total. The van der Waals surface area contributed by atoms with Crippen molar-refractivity contribution in [2.75, 3.05) is 13.7 Å². The summed E-state index contributed by atoms with van der Waals surface area (Å²) in [5.41, 5.74) is 0.468. The van der Waals surface area contributed by atoms with Crippen molar-refractivity contribution in [1.82, 2.24) is 10.2 Å². The quantitative estimate of drug-likeness (QED) is 0.869. The van der Waals surface area contributed by atoms with Crippen LogP contribution in [0.4, 0.5) is 0 Å². The third-order valence-corrected chi connectivity index (χ3v) is 6.30. The first kappa shape index (κ1) is 17.4. The molecule has 2 aromatic rings. The van der Waals surface area contributed by atoms with Gasteiger partial charge in [-0.3, -0.25) is 9.59 Å². The summed E-state index contributed by atoms with van der Waals surface area (Å²) in [5, 5.41) is 5.50. The van der Waals surface area contributed by atoms with E-state index in [-0.39, 0.29) is 23.9 Å². The Balaban J connectivity index is 1.53. The number of rotatable bonds is 4. The molecule has 1 saturated carbocycles. The number of methoxy groups -OCH3 is 1. The Labute approximate surface area is 160 Å². The van der Waals surface area contributed by atoms with Crippen LogP contribution in [0.25, 0.3) is 0 Å². The minimum atomic E-state index is -0.0908. The number of piperidine rings is 1. The van der Waals surface area contributed by atoms with Crippen LogP contribution in [0.2, 0.25) is 5.02 Å². The number of nitrogens with one attached hydrogen (secondary N) is 1.